The Morgan fingerprint density at radius 3 is 2.37 bits per heavy atom. The summed E-state index contributed by atoms with van der Waals surface area (Å²) in [5.74, 6) is 1.65. The Morgan fingerprint density at radius 2 is 1.71 bits per heavy atom. The highest BCUT2D eigenvalue weighted by Crippen LogP contribution is 2.36. The minimum Gasteiger partial charge on any atom is -0.508 e. The molecule has 0 unspecified atom stereocenters. The summed E-state index contributed by atoms with van der Waals surface area (Å²) in [7, 11) is 2.20. The standard InChI is InChI=1S/C29H39N5O/c1-5-27-26(20-33(24-11-12-24)19-23-10-9-22(3)18-28(23)35)29(32-15-13-31(4)14-16-32)34(30-27)25-8-6-7-21(2)17-25/h6-10,17-18,24,35H,5,11-16,19-20H2,1-4H3. The number of rotatable bonds is 8. The molecule has 1 aliphatic carbocycles. The number of phenolic OH excluding ortho intramolecular Hbond substituents is 1. The summed E-state index contributed by atoms with van der Waals surface area (Å²) in [5, 5.41) is 15.8. The molecule has 0 amide bonds. The van der Waals surface area contributed by atoms with Crippen molar-refractivity contribution in [1.82, 2.24) is 19.6 Å². The molecule has 1 N–H and O–H groups in total. The number of hydrogen-bond donors (Lipinski definition) is 1. The highest BCUT2D eigenvalue weighted by molar-refractivity contribution is 5.56. The third-order valence-corrected chi connectivity index (χ3v) is 7.46. The van der Waals surface area contributed by atoms with Crippen LogP contribution in [-0.4, -0.2) is 64.0 Å². The van der Waals surface area contributed by atoms with Crippen molar-refractivity contribution >= 4 is 5.82 Å². The van der Waals surface area contributed by atoms with Gasteiger partial charge in [0.15, 0.2) is 0 Å². The molecule has 3 aromatic rings. The third-order valence-electron chi connectivity index (χ3n) is 7.46. The molecule has 0 radical (unpaired) electrons. The second-order valence-electron chi connectivity index (χ2n) is 10.4. The maximum atomic E-state index is 10.6. The zero-order chi connectivity index (χ0) is 24.5. The number of piperazine rings is 1. The van der Waals surface area contributed by atoms with Crippen molar-refractivity contribution in [2.24, 2.45) is 0 Å². The molecular weight excluding hydrogens is 434 g/mol. The second kappa shape index (κ2) is 10.0. The smallest absolute Gasteiger partial charge is 0.137 e. The number of aromatic nitrogens is 2. The van der Waals surface area contributed by atoms with E-state index < -0.39 is 0 Å². The van der Waals surface area contributed by atoms with Gasteiger partial charge in [-0.3, -0.25) is 4.90 Å². The van der Waals surface area contributed by atoms with Crippen LogP contribution in [0.5, 0.6) is 5.75 Å². The van der Waals surface area contributed by atoms with Crippen LogP contribution in [0, 0.1) is 13.8 Å². The lowest BCUT2D eigenvalue weighted by Gasteiger charge is -2.35. The van der Waals surface area contributed by atoms with Gasteiger partial charge in [-0.05, 0) is 69.5 Å². The Balaban J connectivity index is 1.54. The molecule has 0 spiro atoms. The van der Waals surface area contributed by atoms with Gasteiger partial charge in [-0.15, -0.1) is 0 Å². The first-order valence-electron chi connectivity index (χ1n) is 13.1. The monoisotopic (exact) mass is 473 g/mol. The fourth-order valence-electron chi connectivity index (χ4n) is 5.20. The van der Waals surface area contributed by atoms with Crippen LogP contribution in [0.15, 0.2) is 42.5 Å². The van der Waals surface area contributed by atoms with Crippen molar-refractivity contribution in [2.75, 3.05) is 38.1 Å². The largest absolute Gasteiger partial charge is 0.508 e. The molecule has 1 aromatic heterocycles. The highest BCUT2D eigenvalue weighted by Gasteiger charge is 2.33. The average molecular weight is 474 g/mol. The fourth-order valence-corrected chi connectivity index (χ4v) is 5.20. The average Bonchev–Trinajstić information content (AvgIpc) is 3.62. The van der Waals surface area contributed by atoms with E-state index in [1.807, 2.05) is 13.0 Å². The molecule has 35 heavy (non-hydrogen) atoms. The molecule has 1 aliphatic heterocycles. The topological polar surface area (TPSA) is 47.8 Å². The molecule has 186 valence electrons. The maximum Gasteiger partial charge on any atom is 0.137 e. The summed E-state index contributed by atoms with van der Waals surface area (Å²) in [4.78, 5) is 7.50. The van der Waals surface area contributed by atoms with Crippen LogP contribution in [0.2, 0.25) is 0 Å². The van der Waals surface area contributed by atoms with Crippen molar-refractivity contribution in [3.63, 3.8) is 0 Å². The predicted molar refractivity (Wildman–Crippen MR) is 143 cm³/mol. The number of phenols is 1. The normalized spacial score (nSPS) is 16.9. The van der Waals surface area contributed by atoms with Gasteiger partial charge >= 0.3 is 0 Å². The summed E-state index contributed by atoms with van der Waals surface area (Å²) in [6.45, 7) is 12.1. The van der Waals surface area contributed by atoms with Crippen LogP contribution >= 0.6 is 0 Å². The lowest BCUT2D eigenvalue weighted by atomic mass is 10.1. The van der Waals surface area contributed by atoms with Crippen LogP contribution < -0.4 is 4.90 Å². The Hall–Kier alpha value is -2.83. The predicted octanol–water partition coefficient (Wildman–Crippen LogP) is 4.67. The van der Waals surface area contributed by atoms with Crippen molar-refractivity contribution in [3.05, 3.63) is 70.4 Å². The van der Waals surface area contributed by atoms with Gasteiger partial charge in [0.05, 0.1) is 11.4 Å². The third kappa shape index (κ3) is 5.24. The molecule has 5 rings (SSSR count). The number of benzene rings is 2. The second-order valence-corrected chi connectivity index (χ2v) is 10.4. The first-order chi connectivity index (χ1) is 16.9. The highest BCUT2D eigenvalue weighted by atomic mass is 16.3. The van der Waals surface area contributed by atoms with E-state index in [0.29, 0.717) is 11.8 Å². The van der Waals surface area contributed by atoms with Crippen molar-refractivity contribution < 1.29 is 5.11 Å². The quantitative estimate of drug-likeness (QED) is 0.515. The Bertz CT molecular complexity index is 1170. The summed E-state index contributed by atoms with van der Waals surface area (Å²) < 4.78 is 2.20. The van der Waals surface area contributed by atoms with Gasteiger partial charge in [0.2, 0.25) is 0 Å². The molecular formula is C29H39N5O. The van der Waals surface area contributed by atoms with Gasteiger partial charge in [0.25, 0.3) is 0 Å². The molecule has 6 nitrogen and oxygen atoms in total. The van der Waals surface area contributed by atoms with Crippen molar-refractivity contribution in [3.8, 4) is 11.4 Å². The van der Waals surface area contributed by atoms with Crippen LogP contribution in [0.4, 0.5) is 5.82 Å². The van der Waals surface area contributed by atoms with E-state index in [-0.39, 0.29) is 0 Å². The van der Waals surface area contributed by atoms with Crippen LogP contribution in [-0.2, 0) is 19.5 Å². The lowest BCUT2D eigenvalue weighted by molar-refractivity contribution is 0.241. The van der Waals surface area contributed by atoms with E-state index in [9.17, 15) is 5.11 Å². The van der Waals surface area contributed by atoms with E-state index >= 15 is 0 Å². The maximum absolute atomic E-state index is 10.6. The molecule has 2 aromatic carbocycles. The van der Waals surface area contributed by atoms with E-state index in [0.717, 1.165) is 62.5 Å². The summed E-state index contributed by atoms with van der Waals surface area (Å²) in [5.41, 5.74) is 7.00. The number of anilines is 1. The first-order valence-corrected chi connectivity index (χ1v) is 13.1. The molecule has 0 bridgehead atoms. The number of nitrogens with zero attached hydrogens (tertiary/aromatic N) is 5. The summed E-state index contributed by atoms with van der Waals surface area (Å²) >= 11 is 0. The molecule has 1 saturated carbocycles. The Kier molecular flexibility index (Phi) is 6.85. The Morgan fingerprint density at radius 1 is 0.971 bits per heavy atom. The van der Waals surface area contributed by atoms with Gasteiger partial charge in [0, 0.05) is 56.4 Å². The lowest BCUT2D eigenvalue weighted by Crippen LogP contribution is -2.45. The zero-order valence-electron chi connectivity index (χ0n) is 21.7. The minimum atomic E-state index is 0.404. The Labute approximate surface area is 209 Å². The van der Waals surface area contributed by atoms with Crippen molar-refractivity contribution in [2.45, 2.75) is 59.2 Å². The zero-order valence-corrected chi connectivity index (χ0v) is 21.7. The molecule has 2 fully saturated rings. The number of hydrogen-bond acceptors (Lipinski definition) is 5. The van der Waals surface area contributed by atoms with Gasteiger partial charge < -0.3 is 14.9 Å². The molecule has 2 aliphatic rings. The molecule has 1 saturated heterocycles. The van der Waals surface area contributed by atoms with Crippen molar-refractivity contribution in [1.29, 1.82) is 0 Å². The molecule has 0 atom stereocenters. The summed E-state index contributed by atoms with van der Waals surface area (Å²) in [6, 6.07) is 15.3. The van der Waals surface area contributed by atoms with E-state index in [1.54, 1.807) is 0 Å². The van der Waals surface area contributed by atoms with Gasteiger partial charge in [-0.25, -0.2) is 4.68 Å². The van der Waals surface area contributed by atoms with Gasteiger partial charge in [0.1, 0.15) is 11.6 Å². The molecule has 6 heteroatoms. The van der Waals surface area contributed by atoms with E-state index in [2.05, 4.69) is 76.7 Å². The van der Waals surface area contributed by atoms with E-state index in [4.69, 9.17) is 5.10 Å². The number of aromatic hydroxyl groups is 1. The number of aryl methyl sites for hydroxylation is 3. The first kappa shape index (κ1) is 23.9. The van der Waals surface area contributed by atoms with Gasteiger partial charge in [-0.1, -0.05) is 31.2 Å². The van der Waals surface area contributed by atoms with Crippen LogP contribution in [0.1, 0.15) is 47.7 Å². The van der Waals surface area contributed by atoms with Crippen LogP contribution in [0.25, 0.3) is 5.69 Å². The van der Waals surface area contributed by atoms with E-state index in [1.165, 1.54) is 35.5 Å². The fraction of sp³-hybridized carbons (Fsp3) is 0.483. The van der Waals surface area contributed by atoms with Gasteiger partial charge in [-0.2, -0.15) is 5.10 Å². The SMILES string of the molecule is CCc1nn(-c2cccc(C)c2)c(N2CCN(C)CC2)c1CN(Cc1ccc(C)cc1O)C1CC1. The summed E-state index contributed by atoms with van der Waals surface area (Å²) in [6.07, 6.45) is 3.36. The number of likely N-dealkylation sites (N-methyl/N-ethyl adjacent to an activating group) is 1. The minimum absolute atomic E-state index is 0.404. The molecule has 2 heterocycles. The van der Waals surface area contributed by atoms with Crippen LogP contribution in [0.3, 0.4) is 0 Å².